The summed E-state index contributed by atoms with van der Waals surface area (Å²) >= 11 is 0. The Balaban J connectivity index is 0.000000559. The van der Waals surface area contributed by atoms with E-state index in [9.17, 15) is 20.2 Å². The van der Waals surface area contributed by atoms with Crippen LogP contribution >= 0.6 is 0 Å². The number of rotatable bonds is 5. The zero-order valence-corrected chi connectivity index (χ0v) is 50.0. The maximum Gasteiger partial charge on any atom is 0.258 e. The average Bonchev–Trinajstić information content (AvgIpc) is 3.47. The quantitative estimate of drug-likeness (QED) is 0.0898. The number of nitro groups is 2. The smallest absolute Gasteiger partial charge is 0.258 e. The minimum atomic E-state index is -1.14. The van der Waals surface area contributed by atoms with Gasteiger partial charge in [-0.2, -0.15) is 0 Å². The van der Waals surface area contributed by atoms with E-state index in [-0.39, 0.29) is 71.3 Å². The first-order valence-electron chi connectivity index (χ1n) is 29.9. The maximum absolute atomic E-state index is 11.8. The van der Waals surface area contributed by atoms with Gasteiger partial charge in [0.05, 0.1) is 61.4 Å². The molecule has 0 atom stereocenters. The predicted molar refractivity (Wildman–Crippen MR) is 333 cm³/mol. The van der Waals surface area contributed by atoms with Crippen LogP contribution in [-0.4, -0.2) is 318 Å². The van der Waals surface area contributed by atoms with Crippen LogP contribution < -0.4 is 153 Å². The summed E-state index contributed by atoms with van der Waals surface area (Å²) in [5, 5.41) is 83.9. The third-order valence-corrected chi connectivity index (χ3v) is 14.0. The standard InChI is InChI=1S/C14H30N8O4.2C14H34N8.3C2H8N2/c23-21(24)13-7-15-1-2-16-8-14(22(25)26,11-19-5-3-17-9-13)12-20-6-4-18-10-13;2*15-13-7-17-1-2-18-8-14(16,11-21-5-3-19-9-13)12-22-6-4-20-10-13;3*3-1-2-4/h15-20H,1-12H2;2*17-22H,1-12,15-16H2;3*1-4H2. The van der Waals surface area contributed by atoms with Gasteiger partial charge in [0.25, 0.3) is 11.1 Å². The summed E-state index contributed by atoms with van der Waals surface area (Å²) in [7, 11) is 0. The Morgan fingerprint density at radius 1 is 0.232 bits per heavy atom. The highest BCUT2D eigenvalue weighted by Gasteiger charge is 2.44. The minimum Gasteiger partial charge on any atom is -0.329 e. The molecule has 0 radical (unpaired) electrons. The van der Waals surface area contributed by atoms with Gasteiger partial charge in [0.15, 0.2) is 0 Å². The van der Waals surface area contributed by atoms with Crippen LogP contribution in [0, 0.1) is 20.2 Å². The number of nitrogens with two attached hydrogens (primary N) is 10. The van der Waals surface area contributed by atoms with Gasteiger partial charge in [-0.05, 0) is 0 Å². The van der Waals surface area contributed by atoms with Crippen LogP contribution in [0.4, 0.5) is 0 Å². The molecule has 0 spiro atoms. The number of fused-ring (bicyclic) bond motifs is 45. The molecule has 9 fully saturated rings. The van der Waals surface area contributed by atoms with Crippen molar-refractivity contribution in [1.29, 1.82) is 0 Å². The van der Waals surface area contributed by atoms with Gasteiger partial charge >= 0.3 is 0 Å². The lowest BCUT2D eigenvalue weighted by atomic mass is 9.98. The van der Waals surface area contributed by atoms with Crippen LogP contribution in [-0.2, 0) is 0 Å². The molecule has 34 heteroatoms. The van der Waals surface area contributed by atoms with Crippen LogP contribution in [0.5, 0.6) is 0 Å². The molecular formula is C48H122N30O4. The van der Waals surface area contributed by atoms with Gasteiger partial charge in [0, 0.05) is 245 Å². The van der Waals surface area contributed by atoms with Gasteiger partial charge in [-0.1, -0.05) is 0 Å². The van der Waals surface area contributed by atoms with E-state index < -0.39 is 11.1 Å². The van der Waals surface area contributed by atoms with Crippen LogP contribution in [0.25, 0.3) is 0 Å². The first-order chi connectivity index (χ1) is 39.5. The number of nitrogens with zero attached hydrogens (tertiary/aromatic N) is 2. The molecule has 38 N–H and O–H groups in total. The van der Waals surface area contributed by atoms with Crippen LogP contribution in [0.1, 0.15) is 0 Å². The molecule has 9 saturated heterocycles. The summed E-state index contributed by atoms with van der Waals surface area (Å²) in [5.41, 5.74) is 52.3. The molecule has 9 rings (SSSR count). The SMILES string of the molecule is NC12CNCCNCC(N)(CNCCNC1)CNCCNC2.NC12CNCCNCC(N)(CNCCNC1)CNCCNC2.NCCN.NCCN.NCCN.O=[N+]([O-])C12CNCCNCC([N+](=O)[O-])(CNCCNC1)CNCCNC2. The fourth-order valence-corrected chi connectivity index (χ4v) is 9.08. The van der Waals surface area contributed by atoms with Crippen LogP contribution in [0.15, 0.2) is 0 Å². The van der Waals surface area contributed by atoms with Crippen molar-refractivity contribution in [1.82, 2.24) is 95.7 Å². The van der Waals surface area contributed by atoms with E-state index in [1.807, 2.05) is 0 Å². The number of hydrogen-bond donors (Lipinski definition) is 28. The zero-order chi connectivity index (χ0) is 60.6. The minimum absolute atomic E-state index is 0.218. The van der Waals surface area contributed by atoms with Crippen molar-refractivity contribution in [2.45, 2.75) is 33.2 Å². The topological polar surface area (TPSA) is 563 Å². The Kier molecular flexibility index (Phi) is 45.3. The van der Waals surface area contributed by atoms with Crippen molar-refractivity contribution in [2.75, 3.05) is 275 Å². The van der Waals surface area contributed by atoms with E-state index in [1.165, 1.54) is 0 Å². The third kappa shape index (κ3) is 36.6. The summed E-state index contributed by atoms with van der Waals surface area (Å²) in [6, 6.07) is 0. The molecule has 82 heavy (non-hydrogen) atoms. The Morgan fingerprint density at radius 3 is 0.415 bits per heavy atom. The summed E-state index contributed by atoms with van der Waals surface area (Å²) in [6.45, 7) is 28.3. The Morgan fingerprint density at radius 2 is 0.329 bits per heavy atom. The van der Waals surface area contributed by atoms with Gasteiger partial charge in [0.2, 0.25) is 0 Å². The summed E-state index contributed by atoms with van der Waals surface area (Å²) in [4.78, 5) is 23.1. The van der Waals surface area contributed by atoms with Gasteiger partial charge in [-0.15, -0.1) is 0 Å². The fraction of sp³-hybridized carbons (Fsp3) is 1.00. The second kappa shape index (κ2) is 47.8. The van der Waals surface area contributed by atoms with E-state index in [0.717, 1.165) is 157 Å². The second-order valence-corrected chi connectivity index (χ2v) is 22.3. The lowest BCUT2D eigenvalue weighted by Gasteiger charge is -2.34. The Hall–Kier alpha value is -2.32. The molecule has 0 aromatic carbocycles. The number of hydrogen-bond acceptors (Lipinski definition) is 32. The summed E-state index contributed by atoms with van der Waals surface area (Å²) in [5.74, 6) is 0. The molecule has 9 heterocycles. The van der Waals surface area contributed by atoms with Crippen LogP contribution in [0.3, 0.4) is 0 Å². The van der Waals surface area contributed by atoms with Gasteiger partial charge in [-0.25, -0.2) is 0 Å². The largest absolute Gasteiger partial charge is 0.329 e. The van der Waals surface area contributed by atoms with Crippen LogP contribution in [0.2, 0.25) is 0 Å². The summed E-state index contributed by atoms with van der Waals surface area (Å²) < 4.78 is 0. The second-order valence-electron chi connectivity index (χ2n) is 22.3. The Labute approximate surface area is 489 Å². The highest BCUT2D eigenvalue weighted by molar-refractivity contribution is 4.97. The molecule has 0 aromatic heterocycles. The zero-order valence-electron chi connectivity index (χ0n) is 50.0. The molecule has 9 aliphatic rings. The maximum atomic E-state index is 11.8. The normalized spacial score (nSPS) is 31.6. The first kappa shape index (κ1) is 77.7. The molecule has 34 nitrogen and oxygen atoms in total. The van der Waals surface area contributed by atoms with E-state index >= 15 is 0 Å². The van der Waals surface area contributed by atoms with Crippen molar-refractivity contribution in [3.8, 4) is 0 Å². The molecule has 0 unspecified atom stereocenters. The third-order valence-electron chi connectivity index (χ3n) is 14.0. The molecule has 0 amide bonds. The molecule has 0 aromatic rings. The molecule has 0 aliphatic carbocycles. The van der Waals surface area contributed by atoms with Crippen molar-refractivity contribution in [3.63, 3.8) is 0 Å². The predicted octanol–water partition coefficient (Wildman–Crippen LogP) is -14.8. The van der Waals surface area contributed by atoms with Crippen molar-refractivity contribution < 1.29 is 9.85 Å². The lowest BCUT2D eigenvalue weighted by Crippen LogP contribution is -2.65. The molecule has 0 saturated carbocycles. The average molecular weight is 1180 g/mol. The fourth-order valence-electron chi connectivity index (χ4n) is 9.08. The van der Waals surface area contributed by atoms with E-state index in [0.29, 0.717) is 78.5 Å². The molecule has 9 aliphatic heterocycles. The van der Waals surface area contributed by atoms with Crippen molar-refractivity contribution >= 4 is 0 Å². The van der Waals surface area contributed by atoms with Crippen molar-refractivity contribution in [2.24, 2.45) is 57.3 Å². The molecule has 6 bridgehead atoms. The van der Waals surface area contributed by atoms with Gasteiger partial charge in [0.1, 0.15) is 0 Å². The lowest BCUT2D eigenvalue weighted by molar-refractivity contribution is -0.564. The van der Waals surface area contributed by atoms with E-state index in [4.69, 9.17) is 57.3 Å². The highest BCUT2D eigenvalue weighted by atomic mass is 16.6. The number of nitrogens with one attached hydrogen (secondary N) is 18. The monoisotopic (exact) mass is 1180 g/mol. The van der Waals surface area contributed by atoms with Crippen molar-refractivity contribution in [3.05, 3.63) is 20.2 Å². The van der Waals surface area contributed by atoms with Gasteiger partial charge in [-0.3, -0.25) is 20.2 Å². The highest BCUT2D eigenvalue weighted by Crippen LogP contribution is 2.10. The first-order valence-corrected chi connectivity index (χ1v) is 29.9. The van der Waals surface area contributed by atoms with Gasteiger partial charge < -0.3 is 153 Å². The summed E-state index contributed by atoms with van der Waals surface area (Å²) in [6.07, 6.45) is 0. The molecule has 488 valence electrons. The van der Waals surface area contributed by atoms with E-state index in [2.05, 4.69) is 95.7 Å². The van der Waals surface area contributed by atoms with E-state index in [1.54, 1.807) is 0 Å². The molecular weight excluding hydrogens is 1060 g/mol. The Bertz CT molecular complexity index is 1230.